The Kier molecular flexibility index (Phi) is 3.03. The van der Waals surface area contributed by atoms with Gasteiger partial charge in [-0.3, -0.25) is 4.79 Å². The molecule has 0 spiro atoms. The molecule has 0 fully saturated rings. The fourth-order valence-electron chi connectivity index (χ4n) is 1.31. The summed E-state index contributed by atoms with van der Waals surface area (Å²) in [5.74, 6) is -0.333. The number of benzene rings is 1. The molecule has 0 amide bonds. The molecule has 0 N–H and O–H groups in total. The predicted octanol–water partition coefficient (Wildman–Crippen LogP) is 3.72. The average Bonchev–Trinajstić information content (AvgIpc) is 2.71. The molecule has 0 saturated carbocycles. The van der Waals surface area contributed by atoms with Crippen LogP contribution in [0.3, 0.4) is 0 Å². The fraction of sp³-hybridized carbons (Fsp3) is 0.0909. The summed E-state index contributed by atoms with van der Waals surface area (Å²) < 4.78 is 13.4. The van der Waals surface area contributed by atoms with Crippen molar-refractivity contribution < 1.29 is 9.18 Å². The monoisotopic (exact) mass is 255 g/mol. The standard InChI is InChI=1S/C11H7ClFNOS/c1-6-2-8(12)7(3-9(6)13)10-5-16-11(4-15)14-10/h2-5H,1H3. The van der Waals surface area contributed by atoms with E-state index in [9.17, 15) is 9.18 Å². The van der Waals surface area contributed by atoms with Gasteiger partial charge < -0.3 is 0 Å². The first-order valence-corrected chi connectivity index (χ1v) is 5.74. The van der Waals surface area contributed by atoms with Crippen molar-refractivity contribution in [2.75, 3.05) is 0 Å². The van der Waals surface area contributed by atoms with Crippen LogP contribution in [-0.2, 0) is 0 Å². The number of thiazole rings is 1. The number of hydrogen-bond donors (Lipinski definition) is 0. The largest absolute Gasteiger partial charge is 0.295 e. The zero-order chi connectivity index (χ0) is 11.7. The molecule has 2 rings (SSSR count). The third kappa shape index (κ3) is 1.99. The molecule has 0 atom stereocenters. The van der Waals surface area contributed by atoms with Crippen molar-refractivity contribution >= 4 is 29.2 Å². The third-order valence-corrected chi connectivity index (χ3v) is 3.23. The molecule has 5 heteroatoms. The van der Waals surface area contributed by atoms with Gasteiger partial charge >= 0.3 is 0 Å². The van der Waals surface area contributed by atoms with E-state index in [-0.39, 0.29) is 5.82 Å². The molecule has 0 saturated heterocycles. The van der Waals surface area contributed by atoms with Gasteiger partial charge in [0.05, 0.1) is 10.7 Å². The van der Waals surface area contributed by atoms with Gasteiger partial charge in [-0.25, -0.2) is 9.37 Å². The number of carbonyl (C=O) groups is 1. The van der Waals surface area contributed by atoms with Crippen LogP contribution in [0.4, 0.5) is 4.39 Å². The van der Waals surface area contributed by atoms with E-state index in [1.807, 2.05) is 0 Å². The van der Waals surface area contributed by atoms with Crippen molar-refractivity contribution in [3.63, 3.8) is 0 Å². The van der Waals surface area contributed by atoms with Crippen LogP contribution in [0.1, 0.15) is 15.4 Å². The van der Waals surface area contributed by atoms with Gasteiger partial charge in [0.2, 0.25) is 0 Å². The lowest BCUT2D eigenvalue weighted by atomic mass is 10.1. The molecule has 0 aliphatic rings. The molecule has 2 nitrogen and oxygen atoms in total. The predicted molar refractivity (Wildman–Crippen MR) is 62.6 cm³/mol. The minimum atomic E-state index is -0.333. The fourth-order valence-corrected chi connectivity index (χ4v) is 2.24. The van der Waals surface area contributed by atoms with Crippen molar-refractivity contribution in [2.45, 2.75) is 6.92 Å². The van der Waals surface area contributed by atoms with E-state index >= 15 is 0 Å². The lowest BCUT2D eigenvalue weighted by Gasteiger charge is -2.03. The van der Waals surface area contributed by atoms with E-state index < -0.39 is 0 Å². The molecule has 16 heavy (non-hydrogen) atoms. The number of aldehydes is 1. The summed E-state index contributed by atoms with van der Waals surface area (Å²) in [4.78, 5) is 14.5. The summed E-state index contributed by atoms with van der Waals surface area (Å²) in [7, 11) is 0. The highest BCUT2D eigenvalue weighted by Crippen LogP contribution is 2.30. The summed E-state index contributed by atoms with van der Waals surface area (Å²) in [6.07, 6.45) is 0.659. The molecule has 0 aliphatic heterocycles. The Hall–Kier alpha value is -1.26. The van der Waals surface area contributed by atoms with Gasteiger partial charge in [-0.05, 0) is 24.6 Å². The number of halogens is 2. The molecule has 0 unspecified atom stereocenters. The summed E-state index contributed by atoms with van der Waals surface area (Å²) in [5, 5.41) is 2.47. The maximum Gasteiger partial charge on any atom is 0.178 e. The Balaban J connectivity index is 2.55. The Morgan fingerprint density at radius 2 is 2.25 bits per heavy atom. The van der Waals surface area contributed by atoms with Crippen LogP contribution in [0, 0.1) is 12.7 Å². The summed E-state index contributed by atoms with van der Waals surface area (Å²) >= 11 is 7.20. The quantitative estimate of drug-likeness (QED) is 0.766. The zero-order valence-electron chi connectivity index (χ0n) is 8.33. The second-order valence-corrected chi connectivity index (χ2v) is 4.57. The van der Waals surface area contributed by atoms with E-state index in [4.69, 9.17) is 11.6 Å². The topological polar surface area (TPSA) is 30.0 Å². The molecule has 1 aromatic carbocycles. The van der Waals surface area contributed by atoms with Crippen LogP contribution in [0.25, 0.3) is 11.3 Å². The summed E-state index contributed by atoms with van der Waals surface area (Å²) in [6, 6.07) is 2.88. The van der Waals surface area contributed by atoms with Gasteiger partial charge in [-0.2, -0.15) is 0 Å². The van der Waals surface area contributed by atoms with E-state index in [0.717, 1.165) is 0 Å². The average molecular weight is 256 g/mol. The molecule has 0 radical (unpaired) electrons. The maximum atomic E-state index is 13.4. The van der Waals surface area contributed by atoms with Crippen LogP contribution in [0.2, 0.25) is 5.02 Å². The minimum Gasteiger partial charge on any atom is -0.295 e. The number of rotatable bonds is 2. The Bertz CT molecular complexity index is 553. The molecule has 1 aromatic heterocycles. The molecular formula is C11H7ClFNOS. The maximum absolute atomic E-state index is 13.4. The lowest BCUT2D eigenvalue weighted by molar-refractivity contribution is 0.112. The number of nitrogens with zero attached hydrogens (tertiary/aromatic N) is 1. The minimum absolute atomic E-state index is 0.333. The molecule has 2 aromatic rings. The number of aromatic nitrogens is 1. The van der Waals surface area contributed by atoms with Crippen molar-refractivity contribution in [2.24, 2.45) is 0 Å². The molecular weight excluding hydrogens is 249 g/mol. The van der Waals surface area contributed by atoms with Crippen LogP contribution in [0.15, 0.2) is 17.5 Å². The summed E-state index contributed by atoms with van der Waals surface area (Å²) in [5.41, 5.74) is 1.52. The molecule has 0 bridgehead atoms. The Morgan fingerprint density at radius 1 is 1.50 bits per heavy atom. The highest BCUT2D eigenvalue weighted by molar-refractivity contribution is 7.11. The van der Waals surface area contributed by atoms with Crippen molar-refractivity contribution in [3.05, 3.63) is 38.9 Å². The van der Waals surface area contributed by atoms with Crippen molar-refractivity contribution in [3.8, 4) is 11.3 Å². The van der Waals surface area contributed by atoms with Crippen LogP contribution >= 0.6 is 22.9 Å². The van der Waals surface area contributed by atoms with Gasteiger partial charge in [0.25, 0.3) is 0 Å². The van der Waals surface area contributed by atoms with Gasteiger partial charge in [-0.1, -0.05) is 11.6 Å². The zero-order valence-corrected chi connectivity index (χ0v) is 9.90. The second-order valence-electron chi connectivity index (χ2n) is 3.27. The van der Waals surface area contributed by atoms with E-state index in [0.29, 0.717) is 33.1 Å². The highest BCUT2D eigenvalue weighted by atomic mass is 35.5. The SMILES string of the molecule is Cc1cc(Cl)c(-c2csc(C=O)n2)cc1F. The number of carbonyl (C=O) groups excluding carboxylic acids is 1. The van der Waals surface area contributed by atoms with Crippen LogP contribution in [-0.4, -0.2) is 11.3 Å². The van der Waals surface area contributed by atoms with Crippen LogP contribution in [0.5, 0.6) is 0 Å². The van der Waals surface area contributed by atoms with Gasteiger partial charge in [0.1, 0.15) is 5.82 Å². The van der Waals surface area contributed by atoms with E-state index in [1.54, 1.807) is 18.4 Å². The first-order valence-electron chi connectivity index (χ1n) is 4.48. The number of aryl methyl sites for hydroxylation is 1. The number of hydrogen-bond acceptors (Lipinski definition) is 3. The first-order chi connectivity index (χ1) is 7.61. The molecule has 0 aliphatic carbocycles. The van der Waals surface area contributed by atoms with E-state index in [1.165, 1.54) is 17.4 Å². The van der Waals surface area contributed by atoms with E-state index in [2.05, 4.69) is 4.98 Å². The highest BCUT2D eigenvalue weighted by Gasteiger charge is 2.11. The Morgan fingerprint density at radius 3 is 2.88 bits per heavy atom. The van der Waals surface area contributed by atoms with Gasteiger partial charge in [0.15, 0.2) is 11.3 Å². The summed E-state index contributed by atoms with van der Waals surface area (Å²) in [6.45, 7) is 1.64. The van der Waals surface area contributed by atoms with Crippen molar-refractivity contribution in [1.29, 1.82) is 0 Å². The first kappa shape index (κ1) is 11.2. The molecule has 82 valence electrons. The smallest absolute Gasteiger partial charge is 0.178 e. The normalized spacial score (nSPS) is 10.4. The Labute approximate surface area is 101 Å². The van der Waals surface area contributed by atoms with Crippen molar-refractivity contribution in [1.82, 2.24) is 4.98 Å². The second kappa shape index (κ2) is 4.31. The third-order valence-electron chi connectivity index (χ3n) is 2.15. The van der Waals surface area contributed by atoms with Gasteiger partial charge in [0, 0.05) is 10.9 Å². The molecule has 1 heterocycles. The lowest BCUT2D eigenvalue weighted by Crippen LogP contribution is -1.87. The van der Waals surface area contributed by atoms with Gasteiger partial charge in [-0.15, -0.1) is 11.3 Å². The van der Waals surface area contributed by atoms with Crippen LogP contribution < -0.4 is 0 Å².